The molecule has 0 aliphatic rings. The molecular formula is C11H13F3N2O4S. The molecule has 1 aromatic rings. The standard InChI is InChI=1S/C11H13F3N2O4S/c1-3-20-7(2)10(17)16-21(18,19)9-5-4-8(6-15-9)11(12,13)14/h4-7H,3H2,1-2H3,(H,16,17)/t7-/m1/s1. The molecule has 6 nitrogen and oxygen atoms in total. The lowest BCUT2D eigenvalue weighted by Crippen LogP contribution is -2.38. The number of rotatable bonds is 5. The van der Waals surface area contributed by atoms with Gasteiger partial charge in [0.05, 0.1) is 5.56 Å². The van der Waals surface area contributed by atoms with Crippen molar-refractivity contribution in [2.24, 2.45) is 0 Å². The largest absolute Gasteiger partial charge is 0.417 e. The van der Waals surface area contributed by atoms with Crippen LogP contribution in [0.1, 0.15) is 19.4 Å². The molecule has 10 heteroatoms. The van der Waals surface area contributed by atoms with Crippen molar-refractivity contribution in [3.05, 3.63) is 23.9 Å². The van der Waals surface area contributed by atoms with Gasteiger partial charge >= 0.3 is 6.18 Å². The fourth-order valence-corrected chi connectivity index (χ4v) is 2.27. The summed E-state index contributed by atoms with van der Waals surface area (Å²) in [6, 6.07) is 1.24. The second kappa shape index (κ2) is 6.39. The van der Waals surface area contributed by atoms with Gasteiger partial charge in [0.1, 0.15) is 6.10 Å². The number of hydrogen-bond acceptors (Lipinski definition) is 5. The van der Waals surface area contributed by atoms with Crippen LogP contribution in [0.2, 0.25) is 0 Å². The third-order valence-corrected chi connectivity index (χ3v) is 3.62. The van der Waals surface area contributed by atoms with E-state index in [4.69, 9.17) is 4.74 Å². The summed E-state index contributed by atoms with van der Waals surface area (Å²) in [6.45, 7) is 3.16. The molecule has 0 spiro atoms. The van der Waals surface area contributed by atoms with Crippen molar-refractivity contribution in [2.45, 2.75) is 31.2 Å². The Bertz CT molecular complexity index is 599. The Hall–Kier alpha value is -1.68. The summed E-state index contributed by atoms with van der Waals surface area (Å²) in [5.41, 5.74) is -1.09. The first-order chi connectivity index (χ1) is 9.58. The third-order valence-electron chi connectivity index (χ3n) is 2.36. The van der Waals surface area contributed by atoms with Crippen LogP contribution in [0.4, 0.5) is 13.2 Å². The normalized spacial score (nSPS) is 13.8. The van der Waals surface area contributed by atoms with Crippen molar-refractivity contribution in [2.75, 3.05) is 6.61 Å². The highest BCUT2D eigenvalue weighted by molar-refractivity contribution is 7.90. The van der Waals surface area contributed by atoms with E-state index in [0.29, 0.717) is 18.3 Å². The number of hydrogen-bond donors (Lipinski definition) is 1. The van der Waals surface area contributed by atoms with E-state index in [1.807, 2.05) is 0 Å². The molecule has 1 rings (SSSR count). The molecule has 1 N–H and O–H groups in total. The van der Waals surface area contributed by atoms with E-state index in [1.165, 1.54) is 6.92 Å². The molecule has 1 heterocycles. The molecule has 0 radical (unpaired) electrons. The monoisotopic (exact) mass is 326 g/mol. The molecule has 0 fully saturated rings. The molecule has 0 saturated carbocycles. The maximum atomic E-state index is 12.3. The summed E-state index contributed by atoms with van der Waals surface area (Å²) >= 11 is 0. The second-order valence-corrected chi connectivity index (χ2v) is 5.58. The van der Waals surface area contributed by atoms with Crippen LogP contribution in [0.25, 0.3) is 0 Å². The highest BCUT2D eigenvalue weighted by Gasteiger charge is 2.31. The molecule has 1 amide bonds. The quantitative estimate of drug-likeness (QED) is 0.882. The fourth-order valence-electron chi connectivity index (χ4n) is 1.30. The van der Waals surface area contributed by atoms with E-state index in [2.05, 4.69) is 4.98 Å². The Morgan fingerprint density at radius 2 is 2.05 bits per heavy atom. The van der Waals surface area contributed by atoms with Crippen molar-refractivity contribution in [1.29, 1.82) is 0 Å². The van der Waals surface area contributed by atoms with E-state index in [9.17, 15) is 26.4 Å². The first kappa shape index (κ1) is 17.4. The first-order valence-corrected chi connectivity index (χ1v) is 7.27. The highest BCUT2D eigenvalue weighted by atomic mass is 32.2. The van der Waals surface area contributed by atoms with Gasteiger partial charge in [-0.3, -0.25) is 4.79 Å². The number of nitrogens with one attached hydrogen (secondary N) is 1. The van der Waals surface area contributed by atoms with Gasteiger partial charge in [-0.25, -0.2) is 9.71 Å². The number of amides is 1. The number of aromatic nitrogens is 1. The number of sulfonamides is 1. The number of nitrogens with zero attached hydrogens (tertiary/aromatic N) is 1. The average molecular weight is 326 g/mol. The molecule has 0 bridgehead atoms. The summed E-state index contributed by atoms with van der Waals surface area (Å²) < 4.78 is 67.2. The molecule has 0 saturated heterocycles. The van der Waals surface area contributed by atoms with Gasteiger partial charge in [-0.1, -0.05) is 0 Å². The predicted octanol–water partition coefficient (Wildman–Crippen LogP) is 1.33. The van der Waals surface area contributed by atoms with Crippen LogP contribution in [0.5, 0.6) is 0 Å². The van der Waals surface area contributed by atoms with Gasteiger partial charge in [0.25, 0.3) is 15.9 Å². The van der Waals surface area contributed by atoms with Crippen molar-refractivity contribution in [3.63, 3.8) is 0 Å². The van der Waals surface area contributed by atoms with E-state index in [1.54, 1.807) is 11.6 Å². The maximum Gasteiger partial charge on any atom is 0.417 e. The van der Waals surface area contributed by atoms with Crippen LogP contribution in [0.15, 0.2) is 23.4 Å². The Morgan fingerprint density at radius 1 is 1.43 bits per heavy atom. The van der Waals surface area contributed by atoms with Crippen LogP contribution >= 0.6 is 0 Å². The summed E-state index contributed by atoms with van der Waals surface area (Å²) in [5, 5.41) is -0.687. The minimum absolute atomic E-state index is 0.202. The van der Waals surface area contributed by atoms with Crippen molar-refractivity contribution in [1.82, 2.24) is 9.71 Å². The van der Waals surface area contributed by atoms with Gasteiger partial charge in [-0.2, -0.15) is 21.6 Å². The van der Waals surface area contributed by atoms with Crippen LogP contribution in [0.3, 0.4) is 0 Å². The van der Waals surface area contributed by atoms with Gasteiger partial charge in [-0.15, -0.1) is 0 Å². The Morgan fingerprint density at radius 3 is 2.48 bits per heavy atom. The molecule has 0 unspecified atom stereocenters. The smallest absolute Gasteiger partial charge is 0.369 e. The lowest BCUT2D eigenvalue weighted by atomic mass is 10.3. The van der Waals surface area contributed by atoms with Crippen LogP contribution in [-0.2, 0) is 25.7 Å². The zero-order valence-corrected chi connectivity index (χ0v) is 12.0. The summed E-state index contributed by atoms with van der Waals surface area (Å²) in [6.07, 6.45) is -5.26. The number of carbonyl (C=O) groups excluding carboxylic acids is 1. The number of halogens is 3. The van der Waals surface area contributed by atoms with Gasteiger partial charge in [0.15, 0.2) is 5.03 Å². The number of alkyl halides is 3. The Balaban J connectivity index is 2.91. The van der Waals surface area contributed by atoms with Crippen molar-refractivity contribution < 1.29 is 31.1 Å². The van der Waals surface area contributed by atoms with Crippen LogP contribution in [0, 0.1) is 0 Å². The first-order valence-electron chi connectivity index (χ1n) is 5.79. The summed E-state index contributed by atoms with van der Waals surface area (Å²) in [7, 11) is -4.34. The lowest BCUT2D eigenvalue weighted by molar-refractivity contribution is -0.138. The van der Waals surface area contributed by atoms with Crippen LogP contribution < -0.4 is 4.72 Å². The van der Waals surface area contributed by atoms with Gasteiger partial charge in [0.2, 0.25) is 0 Å². The topological polar surface area (TPSA) is 85.4 Å². The van der Waals surface area contributed by atoms with Gasteiger partial charge in [0, 0.05) is 12.8 Å². The number of carbonyl (C=O) groups is 1. The van der Waals surface area contributed by atoms with E-state index >= 15 is 0 Å². The van der Waals surface area contributed by atoms with E-state index in [0.717, 1.165) is 0 Å². The van der Waals surface area contributed by atoms with E-state index in [-0.39, 0.29) is 6.61 Å². The molecule has 1 atom stereocenters. The molecule has 0 aromatic carbocycles. The van der Waals surface area contributed by atoms with E-state index < -0.39 is 38.8 Å². The molecule has 0 aliphatic carbocycles. The van der Waals surface area contributed by atoms with Crippen molar-refractivity contribution in [3.8, 4) is 0 Å². The summed E-state index contributed by atoms with van der Waals surface area (Å²) in [5.74, 6) is -0.932. The molecule has 1 aromatic heterocycles. The third kappa shape index (κ3) is 4.67. The van der Waals surface area contributed by atoms with Gasteiger partial charge < -0.3 is 4.74 Å². The number of pyridine rings is 1. The number of ether oxygens (including phenoxy) is 1. The molecular weight excluding hydrogens is 313 g/mol. The summed E-state index contributed by atoms with van der Waals surface area (Å²) in [4.78, 5) is 14.7. The minimum Gasteiger partial charge on any atom is -0.369 e. The Labute approximate surface area is 119 Å². The van der Waals surface area contributed by atoms with Crippen LogP contribution in [-0.4, -0.2) is 32.0 Å². The lowest BCUT2D eigenvalue weighted by Gasteiger charge is -2.12. The zero-order valence-electron chi connectivity index (χ0n) is 11.1. The zero-order chi connectivity index (χ0) is 16.3. The molecule has 118 valence electrons. The maximum absolute atomic E-state index is 12.3. The molecule has 21 heavy (non-hydrogen) atoms. The van der Waals surface area contributed by atoms with Gasteiger partial charge in [-0.05, 0) is 26.0 Å². The predicted molar refractivity (Wildman–Crippen MR) is 65.7 cm³/mol. The SMILES string of the molecule is CCO[C@H](C)C(=O)NS(=O)(=O)c1ccc(C(F)(F)F)cn1. The second-order valence-electron chi connectivity index (χ2n) is 3.95. The fraction of sp³-hybridized carbons (Fsp3) is 0.455. The minimum atomic E-state index is -4.62. The molecule has 0 aliphatic heterocycles. The Kier molecular flexibility index (Phi) is 5.29. The van der Waals surface area contributed by atoms with Crippen molar-refractivity contribution >= 4 is 15.9 Å². The average Bonchev–Trinajstić information content (AvgIpc) is 2.37. The highest BCUT2D eigenvalue weighted by Crippen LogP contribution is 2.28.